The molecule has 3 amide bonds. The number of nitrogens with two attached hydrogens (primary N) is 1. The lowest BCUT2D eigenvalue weighted by Crippen LogP contribution is -2.55. The van der Waals surface area contributed by atoms with Crippen molar-refractivity contribution in [3.8, 4) is 0 Å². The van der Waals surface area contributed by atoms with Crippen molar-refractivity contribution in [3.63, 3.8) is 0 Å². The Morgan fingerprint density at radius 2 is 1.52 bits per heavy atom. The summed E-state index contributed by atoms with van der Waals surface area (Å²) in [6.45, 7) is 8.33. The predicted molar refractivity (Wildman–Crippen MR) is 92.4 cm³/mol. The Bertz CT molecular complexity index is 493. The minimum absolute atomic E-state index is 0.212. The highest BCUT2D eigenvalue weighted by Crippen LogP contribution is 2.06. The van der Waals surface area contributed by atoms with Gasteiger partial charge < -0.3 is 26.8 Å². The highest BCUT2D eigenvalue weighted by molar-refractivity contribution is 5.92. The molecule has 0 saturated carbocycles. The van der Waals surface area contributed by atoms with E-state index in [1.54, 1.807) is 13.8 Å². The molecule has 0 aliphatic rings. The first-order valence-electron chi connectivity index (χ1n) is 8.31. The van der Waals surface area contributed by atoms with E-state index in [1.165, 1.54) is 6.92 Å². The van der Waals surface area contributed by atoms with Crippen LogP contribution >= 0.6 is 0 Å². The Morgan fingerprint density at radius 1 is 0.960 bits per heavy atom. The second kappa shape index (κ2) is 10.7. The molecule has 9 nitrogen and oxygen atoms in total. The van der Waals surface area contributed by atoms with Gasteiger partial charge in [-0.15, -0.1) is 0 Å². The summed E-state index contributed by atoms with van der Waals surface area (Å²) in [7, 11) is 0. The fraction of sp³-hybridized carbons (Fsp3) is 0.750. The van der Waals surface area contributed by atoms with E-state index in [0.29, 0.717) is 6.42 Å². The summed E-state index contributed by atoms with van der Waals surface area (Å²) in [6.07, 6.45) is 0.494. The molecule has 0 aliphatic carbocycles. The van der Waals surface area contributed by atoms with Crippen LogP contribution in [0.2, 0.25) is 0 Å². The van der Waals surface area contributed by atoms with Gasteiger partial charge in [-0.05, 0) is 25.2 Å². The van der Waals surface area contributed by atoms with E-state index >= 15 is 0 Å². The lowest BCUT2D eigenvalue weighted by atomic mass is 10.0. The van der Waals surface area contributed by atoms with Gasteiger partial charge in [-0.1, -0.05) is 27.7 Å². The molecule has 0 heterocycles. The van der Waals surface area contributed by atoms with E-state index in [1.807, 2.05) is 13.8 Å². The number of rotatable bonds is 10. The molecule has 0 radical (unpaired) electrons. The summed E-state index contributed by atoms with van der Waals surface area (Å²) in [6, 6.07) is -2.61. The van der Waals surface area contributed by atoms with Gasteiger partial charge in [0.15, 0.2) is 0 Å². The Morgan fingerprint density at radius 3 is 1.96 bits per heavy atom. The smallest absolute Gasteiger partial charge is 0.325 e. The van der Waals surface area contributed by atoms with Crippen LogP contribution in [0.3, 0.4) is 0 Å². The summed E-state index contributed by atoms with van der Waals surface area (Å²) < 4.78 is 0. The van der Waals surface area contributed by atoms with Gasteiger partial charge in [-0.2, -0.15) is 0 Å². The quantitative estimate of drug-likeness (QED) is 0.345. The van der Waals surface area contributed by atoms with Crippen LogP contribution in [-0.4, -0.2) is 53.5 Å². The van der Waals surface area contributed by atoms with E-state index in [-0.39, 0.29) is 18.4 Å². The molecule has 0 aromatic carbocycles. The van der Waals surface area contributed by atoms with Crippen LogP contribution in [0.5, 0.6) is 0 Å². The van der Waals surface area contributed by atoms with E-state index in [4.69, 9.17) is 10.8 Å². The van der Waals surface area contributed by atoms with Crippen molar-refractivity contribution in [1.82, 2.24) is 16.0 Å². The molecule has 0 aromatic rings. The van der Waals surface area contributed by atoms with Crippen molar-refractivity contribution in [3.05, 3.63) is 0 Å². The number of carboxylic acids is 1. The maximum absolute atomic E-state index is 12.2. The van der Waals surface area contributed by atoms with Gasteiger partial charge in [0.1, 0.15) is 12.1 Å². The average molecular weight is 358 g/mol. The van der Waals surface area contributed by atoms with Crippen LogP contribution in [-0.2, 0) is 19.2 Å². The number of carbonyl (C=O) groups is 4. The lowest BCUT2D eigenvalue weighted by molar-refractivity contribution is -0.141. The van der Waals surface area contributed by atoms with Crippen LogP contribution in [0.25, 0.3) is 0 Å². The van der Waals surface area contributed by atoms with E-state index in [2.05, 4.69) is 16.0 Å². The zero-order valence-corrected chi connectivity index (χ0v) is 15.5. The molecule has 3 unspecified atom stereocenters. The maximum atomic E-state index is 12.2. The summed E-state index contributed by atoms with van der Waals surface area (Å²) in [5.41, 5.74) is 5.81. The SMILES string of the molecule is CC(C)CC(N)C(=O)NC(C(=O)NCC(=O)NC(C)C(=O)O)C(C)C. The maximum Gasteiger partial charge on any atom is 0.325 e. The average Bonchev–Trinajstić information content (AvgIpc) is 2.48. The zero-order chi connectivity index (χ0) is 19.7. The molecule has 0 aromatic heterocycles. The third kappa shape index (κ3) is 9.04. The van der Waals surface area contributed by atoms with Crippen LogP contribution in [0.15, 0.2) is 0 Å². The molecular formula is C16H30N4O5. The van der Waals surface area contributed by atoms with Crippen LogP contribution in [0.1, 0.15) is 41.0 Å². The van der Waals surface area contributed by atoms with Crippen molar-refractivity contribution in [2.24, 2.45) is 17.6 Å². The van der Waals surface area contributed by atoms with Crippen molar-refractivity contribution in [2.45, 2.75) is 59.2 Å². The largest absolute Gasteiger partial charge is 0.480 e. The third-order valence-electron chi connectivity index (χ3n) is 3.48. The number of amides is 3. The van der Waals surface area contributed by atoms with Gasteiger partial charge >= 0.3 is 5.97 Å². The van der Waals surface area contributed by atoms with E-state index in [0.717, 1.165) is 0 Å². The highest BCUT2D eigenvalue weighted by atomic mass is 16.4. The summed E-state index contributed by atoms with van der Waals surface area (Å²) in [5, 5.41) is 15.9. The van der Waals surface area contributed by atoms with Crippen LogP contribution < -0.4 is 21.7 Å². The van der Waals surface area contributed by atoms with Crippen molar-refractivity contribution in [2.75, 3.05) is 6.54 Å². The molecule has 0 saturated heterocycles. The normalized spacial score (nSPS) is 14.6. The molecule has 3 atom stereocenters. The molecule has 9 heteroatoms. The zero-order valence-electron chi connectivity index (χ0n) is 15.5. The lowest BCUT2D eigenvalue weighted by Gasteiger charge is -2.24. The van der Waals surface area contributed by atoms with Gasteiger partial charge in [0, 0.05) is 0 Å². The standard InChI is InChI=1S/C16H30N4O5/c1-8(2)6-11(17)14(22)20-13(9(3)4)15(23)18-7-12(21)19-10(5)16(24)25/h8-11,13H,6-7,17H2,1-5H3,(H,18,23)(H,19,21)(H,20,22)(H,24,25). The first kappa shape index (κ1) is 22.8. The predicted octanol–water partition coefficient (Wildman–Crippen LogP) is -0.794. The first-order valence-corrected chi connectivity index (χ1v) is 8.31. The number of hydrogen-bond donors (Lipinski definition) is 5. The highest BCUT2D eigenvalue weighted by Gasteiger charge is 2.27. The van der Waals surface area contributed by atoms with Crippen molar-refractivity contribution in [1.29, 1.82) is 0 Å². The fourth-order valence-corrected chi connectivity index (χ4v) is 2.04. The minimum atomic E-state index is -1.17. The number of carbonyl (C=O) groups excluding carboxylic acids is 3. The molecular weight excluding hydrogens is 328 g/mol. The molecule has 0 spiro atoms. The fourth-order valence-electron chi connectivity index (χ4n) is 2.04. The molecule has 0 aliphatic heterocycles. The Kier molecular flexibility index (Phi) is 9.73. The van der Waals surface area contributed by atoms with Crippen LogP contribution in [0, 0.1) is 11.8 Å². The second-order valence-corrected chi connectivity index (χ2v) is 6.81. The van der Waals surface area contributed by atoms with Crippen LogP contribution in [0.4, 0.5) is 0 Å². The van der Waals surface area contributed by atoms with Gasteiger partial charge in [-0.3, -0.25) is 19.2 Å². The second-order valence-electron chi connectivity index (χ2n) is 6.81. The number of hydrogen-bond acceptors (Lipinski definition) is 5. The molecule has 0 rings (SSSR count). The molecule has 0 fully saturated rings. The van der Waals surface area contributed by atoms with Crippen molar-refractivity contribution < 1.29 is 24.3 Å². The first-order chi connectivity index (χ1) is 11.5. The van der Waals surface area contributed by atoms with Gasteiger partial charge in [0.2, 0.25) is 17.7 Å². The van der Waals surface area contributed by atoms with E-state index < -0.39 is 41.8 Å². The van der Waals surface area contributed by atoms with Gasteiger partial charge in [0.05, 0.1) is 12.6 Å². The third-order valence-corrected chi connectivity index (χ3v) is 3.48. The minimum Gasteiger partial charge on any atom is -0.480 e. The molecule has 25 heavy (non-hydrogen) atoms. The van der Waals surface area contributed by atoms with E-state index in [9.17, 15) is 19.2 Å². The molecule has 6 N–H and O–H groups in total. The van der Waals surface area contributed by atoms with Gasteiger partial charge in [0.25, 0.3) is 0 Å². The Hall–Kier alpha value is -2.16. The van der Waals surface area contributed by atoms with Gasteiger partial charge in [-0.25, -0.2) is 0 Å². The number of nitrogens with one attached hydrogen (secondary N) is 3. The number of carboxylic acid groups (broad SMARTS) is 1. The monoisotopic (exact) mass is 358 g/mol. The summed E-state index contributed by atoms with van der Waals surface area (Å²) in [5.74, 6) is -2.73. The molecule has 0 bridgehead atoms. The topological polar surface area (TPSA) is 151 Å². The summed E-state index contributed by atoms with van der Waals surface area (Å²) in [4.78, 5) is 46.6. The number of aliphatic carboxylic acids is 1. The molecule has 144 valence electrons. The Balaban J connectivity index is 4.62. The summed E-state index contributed by atoms with van der Waals surface area (Å²) >= 11 is 0. The Labute approximate surface area is 148 Å². The van der Waals surface area contributed by atoms with Crippen molar-refractivity contribution >= 4 is 23.7 Å².